The lowest BCUT2D eigenvalue weighted by molar-refractivity contribution is -0.144. The number of ether oxygens (including phenoxy) is 1. The number of hydrogen-bond donors (Lipinski definition) is 0. The van der Waals surface area contributed by atoms with Crippen LogP contribution in [-0.4, -0.2) is 18.9 Å². The molecule has 0 aromatic carbocycles. The normalized spacial score (nSPS) is 11.3. The molecular formula is C7H9NO3. The molecule has 11 heavy (non-hydrogen) atoms. The number of hydrogen-bond acceptors (Lipinski definition) is 4. The highest BCUT2D eigenvalue weighted by Crippen LogP contribution is 1.92. The number of carbonyl (C=O) groups is 2. The van der Waals surface area contributed by atoms with Crippen LogP contribution in [0.3, 0.4) is 0 Å². The third-order valence-electron chi connectivity index (χ3n) is 1.04. The average Bonchev–Trinajstić information content (AvgIpc) is 2.06. The molecule has 0 amide bonds. The fourth-order valence-corrected chi connectivity index (χ4v) is 0.392. The molecule has 4 heteroatoms. The Morgan fingerprint density at radius 3 is 2.82 bits per heavy atom. The summed E-state index contributed by atoms with van der Waals surface area (Å²) in [6.07, 6.45) is 0.722. The number of carbonyl (C=O) groups excluding carboxylic acids is 2. The number of esters is 1. The van der Waals surface area contributed by atoms with E-state index >= 15 is 0 Å². The Morgan fingerprint density at radius 1 is 1.82 bits per heavy atom. The van der Waals surface area contributed by atoms with Crippen molar-refractivity contribution in [2.75, 3.05) is 6.61 Å². The second-order valence-corrected chi connectivity index (χ2v) is 1.91. The lowest BCUT2D eigenvalue weighted by Gasteiger charge is -2.01. The van der Waals surface area contributed by atoms with Crippen molar-refractivity contribution in [1.29, 1.82) is 5.26 Å². The summed E-state index contributed by atoms with van der Waals surface area (Å²) in [6, 6.07) is 1.69. The molecule has 1 unspecified atom stereocenters. The first-order valence-corrected chi connectivity index (χ1v) is 3.25. The number of nitrogens with zero attached hydrogens (tertiary/aromatic N) is 1. The van der Waals surface area contributed by atoms with Crippen molar-refractivity contribution < 1.29 is 14.3 Å². The molecule has 4 nitrogen and oxygen atoms in total. The third kappa shape index (κ3) is 4.09. The van der Waals surface area contributed by atoms with E-state index in [-0.39, 0.29) is 13.0 Å². The summed E-state index contributed by atoms with van der Waals surface area (Å²) in [5.74, 6) is -1.22. The second kappa shape index (κ2) is 5.42. The highest BCUT2D eigenvalue weighted by molar-refractivity contribution is 5.69. The van der Waals surface area contributed by atoms with Gasteiger partial charge in [0, 0.05) is 6.42 Å². The Labute approximate surface area is 64.8 Å². The summed E-state index contributed by atoms with van der Waals surface area (Å²) in [7, 11) is 0. The molecule has 0 heterocycles. The van der Waals surface area contributed by atoms with Gasteiger partial charge in [-0.25, -0.2) is 0 Å². The molecular weight excluding hydrogens is 146 g/mol. The molecule has 0 bridgehead atoms. The first-order chi connectivity index (χ1) is 5.24. The van der Waals surface area contributed by atoms with Gasteiger partial charge in [0.05, 0.1) is 6.07 Å². The summed E-state index contributed by atoms with van der Waals surface area (Å²) in [6.45, 7) is 1.51. The van der Waals surface area contributed by atoms with E-state index < -0.39 is 11.9 Å². The fraction of sp³-hybridized carbons (Fsp3) is 0.571. The van der Waals surface area contributed by atoms with Gasteiger partial charge in [-0.2, -0.15) is 5.26 Å². The smallest absolute Gasteiger partial charge is 0.305 e. The predicted octanol–water partition coefficient (Wildman–Crippen LogP) is 0.278. The molecule has 0 aromatic heterocycles. The van der Waals surface area contributed by atoms with Gasteiger partial charge in [-0.05, 0) is 0 Å². The fourth-order valence-electron chi connectivity index (χ4n) is 0.392. The molecule has 60 valence electrons. The zero-order chi connectivity index (χ0) is 8.69. The van der Waals surface area contributed by atoms with Gasteiger partial charge in [-0.1, -0.05) is 6.92 Å². The molecule has 0 spiro atoms. The molecule has 0 rings (SSSR count). The van der Waals surface area contributed by atoms with Crippen molar-refractivity contribution in [1.82, 2.24) is 0 Å². The van der Waals surface area contributed by atoms with E-state index in [2.05, 4.69) is 4.74 Å². The molecule has 0 N–H and O–H groups in total. The van der Waals surface area contributed by atoms with Gasteiger partial charge in [0.25, 0.3) is 0 Å². The zero-order valence-corrected chi connectivity index (χ0v) is 6.24. The van der Waals surface area contributed by atoms with E-state index in [0.717, 1.165) is 0 Å². The predicted molar refractivity (Wildman–Crippen MR) is 36.4 cm³/mol. The minimum atomic E-state index is -0.828. The highest BCUT2D eigenvalue weighted by atomic mass is 16.5. The van der Waals surface area contributed by atoms with Crippen molar-refractivity contribution in [2.24, 2.45) is 5.92 Å². The highest BCUT2D eigenvalue weighted by Gasteiger charge is 2.07. The summed E-state index contributed by atoms with van der Waals surface area (Å²) in [4.78, 5) is 20.5. The molecule has 1 atom stereocenters. The van der Waals surface area contributed by atoms with Crippen LogP contribution < -0.4 is 0 Å². The van der Waals surface area contributed by atoms with Crippen molar-refractivity contribution in [3.05, 3.63) is 0 Å². The third-order valence-corrected chi connectivity index (χ3v) is 1.04. The van der Waals surface area contributed by atoms with E-state index in [1.165, 1.54) is 0 Å². The minimum absolute atomic E-state index is 0.132. The standard InChI is InChI=1S/C7H9NO3/c1-2-7(10)11-5-6(3-8)4-9/h4,6H,2,5H2,1H3. The van der Waals surface area contributed by atoms with Crippen LogP contribution in [0.4, 0.5) is 0 Å². The maximum atomic E-state index is 10.5. The summed E-state index contributed by atoms with van der Waals surface area (Å²) in [5, 5.41) is 8.24. The van der Waals surface area contributed by atoms with Crippen molar-refractivity contribution >= 4 is 12.3 Å². The van der Waals surface area contributed by atoms with Crippen LogP contribution in [0.5, 0.6) is 0 Å². The van der Waals surface area contributed by atoms with E-state index in [1.807, 2.05) is 0 Å². The number of rotatable bonds is 4. The molecule has 0 aliphatic heterocycles. The van der Waals surface area contributed by atoms with Gasteiger partial charge in [0.1, 0.15) is 18.8 Å². The Hall–Kier alpha value is -1.37. The largest absolute Gasteiger partial charge is 0.464 e. The lowest BCUT2D eigenvalue weighted by Crippen LogP contribution is -2.12. The molecule has 0 radical (unpaired) electrons. The van der Waals surface area contributed by atoms with E-state index in [1.54, 1.807) is 13.0 Å². The van der Waals surface area contributed by atoms with Crippen LogP contribution in [0.15, 0.2) is 0 Å². The number of aldehydes is 1. The Kier molecular flexibility index (Phi) is 4.74. The lowest BCUT2D eigenvalue weighted by atomic mass is 10.2. The summed E-state index contributed by atoms with van der Waals surface area (Å²) in [5.41, 5.74) is 0. The van der Waals surface area contributed by atoms with Crippen LogP contribution in [0.1, 0.15) is 13.3 Å². The van der Waals surface area contributed by atoms with E-state index in [0.29, 0.717) is 6.29 Å². The van der Waals surface area contributed by atoms with Gasteiger partial charge >= 0.3 is 5.97 Å². The Bertz CT molecular complexity index is 183. The van der Waals surface area contributed by atoms with E-state index in [9.17, 15) is 9.59 Å². The zero-order valence-electron chi connectivity index (χ0n) is 6.24. The van der Waals surface area contributed by atoms with Crippen molar-refractivity contribution in [3.8, 4) is 6.07 Å². The Morgan fingerprint density at radius 2 is 2.45 bits per heavy atom. The van der Waals surface area contributed by atoms with Gasteiger partial charge in [-0.3, -0.25) is 4.79 Å². The van der Waals surface area contributed by atoms with Crippen molar-refractivity contribution in [2.45, 2.75) is 13.3 Å². The van der Waals surface area contributed by atoms with E-state index in [4.69, 9.17) is 5.26 Å². The molecule has 0 fully saturated rings. The molecule has 0 aromatic rings. The molecule has 0 saturated heterocycles. The first-order valence-electron chi connectivity index (χ1n) is 3.25. The second-order valence-electron chi connectivity index (χ2n) is 1.91. The summed E-state index contributed by atoms with van der Waals surface area (Å²) < 4.78 is 4.54. The van der Waals surface area contributed by atoms with Gasteiger partial charge in [0.2, 0.25) is 0 Å². The van der Waals surface area contributed by atoms with Crippen LogP contribution in [-0.2, 0) is 14.3 Å². The van der Waals surface area contributed by atoms with Crippen molar-refractivity contribution in [3.63, 3.8) is 0 Å². The van der Waals surface area contributed by atoms with Crippen LogP contribution in [0.2, 0.25) is 0 Å². The van der Waals surface area contributed by atoms with Gasteiger partial charge < -0.3 is 9.53 Å². The molecule has 0 saturated carbocycles. The molecule has 0 aliphatic rings. The Balaban J connectivity index is 3.61. The maximum Gasteiger partial charge on any atom is 0.305 e. The monoisotopic (exact) mass is 155 g/mol. The minimum Gasteiger partial charge on any atom is -0.464 e. The molecule has 0 aliphatic carbocycles. The van der Waals surface area contributed by atoms with Crippen LogP contribution in [0, 0.1) is 17.2 Å². The van der Waals surface area contributed by atoms with Gasteiger partial charge in [0.15, 0.2) is 0 Å². The topological polar surface area (TPSA) is 67.2 Å². The van der Waals surface area contributed by atoms with Gasteiger partial charge in [-0.15, -0.1) is 0 Å². The quantitative estimate of drug-likeness (QED) is 0.432. The summed E-state index contributed by atoms with van der Waals surface area (Å²) >= 11 is 0. The SMILES string of the molecule is CCC(=O)OCC(C#N)C=O. The maximum absolute atomic E-state index is 10.5. The first kappa shape index (κ1) is 9.63. The van der Waals surface area contributed by atoms with Crippen LogP contribution >= 0.6 is 0 Å². The average molecular weight is 155 g/mol. The van der Waals surface area contributed by atoms with Crippen LogP contribution in [0.25, 0.3) is 0 Å². The number of nitriles is 1.